The molecule has 19 heavy (non-hydrogen) atoms. The fourth-order valence-electron chi connectivity index (χ4n) is 3.30. The van der Waals surface area contributed by atoms with E-state index in [0.717, 1.165) is 16.7 Å². The normalized spacial score (nSPS) is 32.1. The highest BCUT2D eigenvalue weighted by molar-refractivity contribution is 9.09. The summed E-state index contributed by atoms with van der Waals surface area (Å²) in [6, 6.07) is 7.77. The summed E-state index contributed by atoms with van der Waals surface area (Å²) in [7, 11) is 0. The summed E-state index contributed by atoms with van der Waals surface area (Å²) in [6.45, 7) is 1.88. The van der Waals surface area contributed by atoms with Crippen molar-refractivity contribution in [2.75, 3.05) is 0 Å². The van der Waals surface area contributed by atoms with Crippen LogP contribution in [-0.4, -0.2) is 11.6 Å². The number of benzene rings is 1. The number of carbonyl (C=O) groups is 2. The van der Waals surface area contributed by atoms with Crippen LogP contribution in [0, 0.1) is 5.41 Å². The Hall–Kier alpha value is -1.22. The molecule has 98 valence electrons. The summed E-state index contributed by atoms with van der Waals surface area (Å²) < 4.78 is 0. The molecule has 0 radical (unpaired) electrons. The van der Waals surface area contributed by atoms with Gasteiger partial charge in [-0.15, -0.1) is 0 Å². The summed E-state index contributed by atoms with van der Waals surface area (Å²) in [4.78, 5) is 24.7. The molecule has 0 aromatic heterocycles. The molecule has 0 saturated heterocycles. The predicted octanol–water partition coefficient (Wildman–Crippen LogP) is 4.00. The van der Waals surface area contributed by atoms with E-state index in [1.165, 1.54) is 0 Å². The molecule has 2 atom stereocenters. The average Bonchev–Trinajstić information content (AvgIpc) is 2.65. The monoisotopic (exact) mass is 318 g/mol. The van der Waals surface area contributed by atoms with E-state index in [4.69, 9.17) is 0 Å². The topological polar surface area (TPSA) is 34.1 Å². The molecule has 2 nitrogen and oxygen atoms in total. The predicted molar refractivity (Wildman–Crippen MR) is 77.5 cm³/mol. The molecule has 2 unspecified atom stereocenters. The molecular formula is C16H15BrO2. The number of fused-ring (bicyclic) bond motifs is 1. The van der Waals surface area contributed by atoms with Gasteiger partial charge in [-0.3, -0.25) is 9.59 Å². The first-order chi connectivity index (χ1) is 9.10. The fraction of sp³-hybridized carbons (Fsp3) is 0.375. The number of alkyl halides is 1. The van der Waals surface area contributed by atoms with Gasteiger partial charge in [0.05, 0.1) is 10.2 Å². The van der Waals surface area contributed by atoms with Crippen molar-refractivity contribution in [1.82, 2.24) is 0 Å². The SMILES string of the molecule is CC=C1CC2(CCC1=O)C(=O)c1ccccc1C2Br. The third-order valence-electron chi connectivity index (χ3n) is 4.43. The number of allylic oxidation sites excluding steroid dienone is 2. The lowest BCUT2D eigenvalue weighted by Gasteiger charge is -2.35. The van der Waals surface area contributed by atoms with Crippen LogP contribution >= 0.6 is 15.9 Å². The minimum absolute atomic E-state index is 0.0201. The van der Waals surface area contributed by atoms with Gasteiger partial charge < -0.3 is 0 Å². The molecule has 1 saturated carbocycles. The fourth-order valence-corrected chi connectivity index (χ4v) is 4.30. The Labute approximate surface area is 121 Å². The number of ketones is 2. The van der Waals surface area contributed by atoms with Gasteiger partial charge in [0.2, 0.25) is 0 Å². The first-order valence-electron chi connectivity index (χ1n) is 6.56. The van der Waals surface area contributed by atoms with Gasteiger partial charge in [0.1, 0.15) is 0 Å². The number of hydrogen-bond acceptors (Lipinski definition) is 2. The molecule has 1 aromatic rings. The van der Waals surface area contributed by atoms with Gasteiger partial charge >= 0.3 is 0 Å². The molecule has 0 amide bonds. The molecule has 0 bridgehead atoms. The van der Waals surface area contributed by atoms with Crippen LogP contribution in [0.5, 0.6) is 0 Å². The highest BCUT2D eigenvalue weighted by atomic mass is 79.9. The molecule has 2 aliphatic rings. The van der Waals surface area contributed by atoms with Gasteiger partial charge in [0.15, 0.2) is 11.6 Å². The van der Waals surface area contributed by atoms with E-state index in [1.807, 2.05) is 37.3 Å². The van der Waals surface area contributed by atoms with Crippen molar-refractivity contribution >= 4 is 27.5 Å². The van der Waals surface area contributed by atoms with E-state index in [0.29, 0.717) is 19.3 Å². The van der Waals surface area contributed by atoms with E-state index in [1.54, 1.807) is 0 Å². The van der Waals surface area contributed by atoms with Crippen molar-refractivity contribution in [3.8, 4) is 0 Å². The Morgan fingerprint density at radius 1 is 1.32 bits per heavy atom. The first-order valence-corrected chi connectivity index (χ1v) is 7.48. The number of Topliss-reactive ketones (excluding diaryl/α,β-unsaturated/α-hetero) is 2. The minimum Gasteiger partial charge on any atom is -0.295 e. The number of rotatable bonds is 0. The van der Waals surface area contributed by atoms with E-state index in [2.05, 4.69) is 15.9 Å². The third kappa shape index (κ3) is 1.68. The maximum absolute atomic E-state index is 12.8. The van der Waals surface area contributed by atoms with Gasteiger partial charge in [0, 0.05) is 12.0 Å². The Kier molecular flexibility index (Phi) is 2.97. The van der Waals surface area contributed by atoms with Gasteiger partial charge in [-0.25, -0.2) is 0 Å². The largest absolute Gasteiger partial charge is 0.295 e. The summed E-state index contributed by atoms with van der Waals surface area (Å²) >= 11 is 3.71. The van der Waals surface area contributed by atoms with E-state index in [-0.39, 0.29) is 16.4 Å². The van der Waals surface area contributed by atoms with Gasteiger partial charge in [-0.05, 0) is 30.9 Å². The lowest BCUT2D eigenvalue weighted by Crippen LogP contribution is -2.35. The van der Waals surface area contributed by atoms with Crippen molar-refractivity contribution in [2.45, 2.75) is 31.0 Å². The molecule has 0 N–H and O–H groups in total. The highest BCUT2D eigenvalue weighted by Gasteiger charge is 2.54. The third-order valence-corrected chi connectivity index (χ3v) is 5.80. The van der Waals surface area contributed by atoms with Crippen LogP contribution in [0.25, 0.3) is 0 Å². The van der Waals surface area contributed by atoms with Crippen LogP contribution in [0.15, 0.2) is 35.9 Å². The zero-order valence-electron chi connectivity index (χ0n) is 10.8. The molecule has 2 aliphatic carbocycles. The van der Waals surface area contributed by atoms with Gasteiger partial charge in [0.25, 0.3) is 0 Å². The molecule has 1 spiro atoms. The number of hydrogen-bond donors (Lipinski definition) is 0. The van der Waals surface area contributed by atoms with Crippen molar-refractivity contribution in [2.24, 2.45) is 5.41 Å². The molecule has 3 rings (SSSR count). The van der Waals surface area contributed by atoms with Crippen LogP contribution in [-0.2, 0) is 4.79 Å². The Bertz CT molecular complexity index is 603. The second kappa shape index (κ2) is 4.41. The number of carbonyl (C=O) groups excluding carboxylic acids is 2. The first kappa shape index (κ1) is 12.8. The van der Waals surface area contributed by atoms with Gasteiger partial charge in [-0.1, -0.05) is 46.3 Å². The standard InChI is InChI=1S/C16H15BrO2/c1-2-10-9-16(8-7-13(10)18)14(17)11-5-3-4-6-12(11)15(16)19/h2-6,14H,7-9H2,1H3. The second-order valence-electron chi connectivity index (χ2n) is 5.35. The second-order valence-corrected chi connectivity index (χ2v) is 6.26. The van der Waals surface area contributed by atoms with Gasteiger partial charge in [-0.2, -0.15) is 0 Å². The van der Waals surface area contributed by atoms with Crippen molar-refractivity contribution < 1.29 is 9.59 Å². The summed E-state index contributed by atoms with van der Waals surface area (Å²) in [5, 5.41) is 0. The average molecular weight is 319 g/mol. The molecule has 0 heterocycles. The van der Waals surface area contributed by atoms with Crippen LogP contribution in [0.4, 0.5) is 0 Å². The lowest BCUT2D eigenvalue weighted by atomic mass is 9.69. The van der Waals surface area contributed by atoms with Crippen molar-refractivity contribution in [3.63, 3.8) is 0 Å². The zero-order valence-corrected chi connectivity index (χ0v) is 12.4. The molecular weight excluding hydrogens is 304 g/mol. The summed E-state index contributed by atoms with van der Waals surface area (Å²) in [6.07, 6.45) is 3.54. The quantitative estimate of drug-likeness (QED) is 0.535. The van der Waals surface area contributed by atoms with Crippen LogP contribution in [0.2, 0.25) is 0 Å². The zero-order chi connectivity index (χ0) is 13.6. The van der Waals surface area contributed by atoms with Crippen LogP contribution in [0.3, 0.4) is 0 Å². The maximum atomic E-state index is 12.8. The van der Waals surface area contributed by atoms with Crippen LogP contribution in [0.1, 0.15) is 46.9 Å². The highest BCUT2D eigenvalue weighted by Crippen LogP contribution is 2.58. The van der Waals surface area contributed by atoms with Crippen molar-refractivity contribution in [1.29, 1.82) is 0 Å². The van der Waals surface area contributed by atoms with Crippen LogP contribution < -0.4 is 0 Å². The molecule has 3 heteroatoms. The summed E-state index contributed by atoms with van der Waals surface area (Å²) in [5.74, 6) is 0.383. The smallest absolute Gasteiger partial charge is 0.171 e. The summed E-state index contributed by atoms with van der Waals surface area (Å²) in [5.41, 5.74) is 2.22. The molecule has 1 aromatic carbocycles. The van der Waals surface area contributed by atoms with E-state index in [9.17, 15) is 9.59 Å². The van der Waals surface area contributed by atoms with E-state index >= 15 is 0 Å². The maximum Gasteiger partial charge on any atom is 0.171 e. The van der Waals surface area contributed by atoms with Crippen molar-refractivity contribution in [3.05, 3.63) is 47.0 Å². The molecule has 0 aliphatic heterocycles. The molecule has 1 fully saturated rings. The Morgan fingerprint density at radius 2 is 2.05 bits per heavy atom. The number of halogens is 1. The van der Waals surface area contributed by atoms with E-state index < -0.39 is 5.41 Å². The lowest BCUT2D eigenvalue weighted by molar-refractivity contribution is -0.117. The minimum atomic E-state index is -0.459. The Balaban J connectivity index is 2.08. The Morgan fingerprint density at radius 3 is 2.74 bits per heavy atom.